The van der Waals surface area contributed by atoms with E-state index < -0.39 is 11.7 Å². The Morgan fingerprint density at radius 1 is 1.03 bits per heavy atom. The summed E-state index contributed by atoms with van der Waals surface area (Å²) in [6.07, 6.45) is 1.33. The number of amides is 1. The van der Waals surface area contributed by atoms with E-state index in [1.807, 2.05) is 69.3 Å². The molecule has 178 valence electrons. The van der Waals surface area contributed by atoms with E-state index in [1.165, 1.54) is 0 Å². The van der Waals surface area contributed by atoms with Gasteiger partial charge in [-0.05, 0) is 56.0 Å². The standard InChI is InChI=1S/C27H30BrN3O3/c1-26(2,3)23(31-25(32)34-27(4,5)6)24-29-15-20(30-24)16-7-9-17(10-8-16)21-13-18-11-12-19(28)14-22(18)33-21/h7-15,23H,1-6H3,(H,29,30)(H,31,32). The molecule has 1 amide bonds. The van der Waals surface area contributed by atoms with Gasteiger partial charge in [0, 0.05) is 15.4 Å². The first-order valence-corrected chi connectivity index (χ1v) is 12.0. The zero-order chi connectivity index (χ0) is 24.7. The average Bonchev–Trinajstić information content (AvgIpc) is 3.37. The molecule has 6 nitrogen and oxygen atoms in total. The summed E-state index contributed by atoms with van der Waals surface area (Å²) in [6, 6.07) is 15.8. The number of halogens is 1. The molecular weight excluding hydrogens is 494 g/mol. The predicted molar refractivity (Wildman–Crippen MR) is 138 cm³/mol. The first-order chi connectivity index (χ1) is 15.9. The number of ether oxygens (including phenoxy) is 1. The van der Waals surface area contributed by atoms with Gasteiger partial charge in [0.1, 0.15) is 22.8 Å². The van der Waals surface area contributed by atoms with E-state index >= 15 is 0 Å². The lowest BCUT2D eigenvalue weighted by molar-refractivity contribution is 0.0458. The van der Waals surface area contributed by atoms with Gasteiger partial charge in [-0.15, -0.1) is 0 Å². The molecule has 0 fully saturated rings. The van der Waals surface area contributed by atoms with Gasteiger partial charge in [-0.3, -0.25) is 0 Å². The number of rotatable bonds is 4. The highest BCUT2D eigenvalue weighted by molar-refractivity contribution is 9.10. The van der Waals surface area contributed by atoms with Gasteiger partial charge in [0.2, 0.25) is 0 Å². The average molecular weight is 524 g/mol. The maximum Gasteiger partial charge on any atom is 0.408 e. The highest BCUT2D eigenvalue weighted by Gasteiger charge is 2.32. The molecule has 2 aromatic heterocycles. The molecule has 7 heteroatoms. The van der Waals surface area contributed by atoms with Crippen LogP contribution >= 0.6 is 15.9 Å². The predicted octanol–water partition coefficient (Wildman–Crippen LogP) is 7.86. The third-order valence-electron chi connectivity index (χ3n) is 5.36. The Morgan fingerprint density at radius 3 is 2.35 bits per heavy atom. The number of alkyl carbamates (subject to hydrolysis) is 1. The number of fused-ring (bicyclic) bond motifs is 1. The lowest BCUT2D eigenvalue weighted by Crippen LogP contribution is -2.40. The van der Waals surface area contributed by atoms with Gasteiger partial charge in [0.25, 0.3) is 0 Å². The molecule has 4 aromatic rings. The number of imidazole rings is 1. The van der Waals surface area contributed by atoms with Gasteiger partial charge >= 0.3 is 6.09 Å². The van der Waals surface area contributed by atoms with E-state index in [9.17, 15) is 4.79 Å². The van der Waals surface area contributed by atoms with Crippen LogP contribution in [0.2, 0.25) is 0 Å². The number of furan rings is 1. The number of hydrogen-bond acceptors (Lipinski definition) is 4. The van der Waals surface area contributed by atoms with Crippen LogP contribution in [0.15, 0.2) is 63.6 Å². The summed E-state index contributed by atoms with van der Waals surface area (Å²) in [5.74, 6) is 1.50. The van der Waals surface area contributed by atoms with Crippen molar-refractivity contribution in [1.82, 2.24) is 15.3 Å². The second kappa shape index (κ2) is 8.95. The number of H-pyrrole nitrogens is 1. The first kappa shape index (κ1) is 24.1. The van der Waals surface area contributed by atoms with Crippen molar-refractivity contribution < 1.29 is 13.9 Å². The quantitative estimate of drug-likeness (QED) is 0.285. The largest absolute Gasteiger partial charge is 0.456 e. The van der Waals surface area contributed by atoms with E-state index in [4.69, 9.17) is 9.15 Å². The molecule has 2 aromatic carbocycles. The third kappa shape index (κ3) is 5.53. The van der Waals surface area contributed by atoms with Crippen molar-refractivity contribution in [3.63, 3.8) is 0 Å². The highest BCUT2D eigenvalue weighted by atomic mass is 79.9. The Kier molecular flexibility index (Phi) is 6.34. The van der Waals surface area contributed by atoms with Crippen molar-refractivity contribution in [1.29, 1.82) is 0 Å². The fraction of sp³-hybridized carbons (Fsp3) is 0.333. The first-order valence-electron chi connectivity index (χ1n) is 11.2. The minimum atomic E-state index is -0.571. The monoisotopic (exact) mass is 523 g/mol. The van der Waals surface area contributed by atoms with Crippen molar-refractivity contribution >= 4 is 33.0 Å². The summed E-state index contributed by atoms with van der Waals surface area (Å²) >= 11 is 3.48. The molecule has 0 saturated carbocycles. The smallest absolute Gasteiger partial charge is 0.408 e. The van der Waals surface area contributed by atoms with Gasteiger partial charge < -0.3 is 19.5 Å². The van der Waals surface area contributed by atoms with Crippen LogP contribution in [0.25, 0.3) is 33.6 Å². The fourth-order valence-corrected chi connectivity index (χ4v) is 4.05. The van der Waals surface area contributed by atoms with Crippen LogP contribution in [-0.2, 0) is 4.74 Å². The maximum absolute atomic E-state index is 12.4. The number of hydrogen-bond donors (Lipinski definition) is 2. The second-order valence-corrected chi connectivity index (χ2v) is 11.4. The molecule has 2 heterocycles. The van der Waals surface area contributed by atoms with Crippen LogP contribution in [0.1, 0.15) is 53.4 Å². The number of aromatic amines is 1. The summed E-state index contributed by atoms with van der Waals surface area (Å²) in [5, 5.41) is 4.03. The lowest BCUT2D eigenvalue weighted by atomic mass is 9.86. The molecule has 0 saturated heterocycles. The molecule has 0 aliphatic heterocycles. The maximum atomic E-state index is 12.4. The molecule has 2 N–H and O–H groups in total. The number of nitrogens with zero attached hydrogens (tertiary/aromatic N) is 1. The van der Waals surface area contributed by atoms with Crippen LogP contribution in [0.4, 0.5) is 4.79 Å². The van der Waals surface area contributed by atoms with Crippen molar-refractivity contribution in [2.45, 2.75) is 53.2 Å². The summed E-state index contributed by atoms with van der Waals surface area (Å²) in [7, 11) is 0. The Labute approximate surface area is 208 Å². The van der Waals surface area contributed by atoms with Crippen molar-refractivity contribution in [3.8, 4) is 22.6 Å². The van der Waals surface area contributed by atoms with Crippen molar-refractivity contribution in [2.24, 2.45) is 5.41 Å². The molecule has 4 rings (SSSR count). The van der Waals surface area contributed by atoms with Gasteiger partial charge in [-0.1, -0.05) is 61.0 Å². The Hall–Kier alpha value is -3.06. The normalized spacial score (nSPS) is 13.1. The van der Waals surface area contributed by atoms with E-state index in [-0.39, 0.29) is 11.5 Å². The molecule has 0 aliphatic carbocycles. The Morgan fingerprint density at radius 2 is 1.71 bits per heavy atom. The number of nitrogens with one attached hydrogen (secondary N) is 2. The molecule has 0 bridgehead atoms. The van der Waals surface area contributed by atoms with E-state index in [2.05, 4.69) is 52.0 Å². The zero-order valence-corrected chi connectivity index (χ0v) is 21.9. The van der Waals surface area contributed by atoms with Crippen molar-refractivity contribution in [3.05, 3.63) is 65.0 Å². The van der Waals surface area contributed by atoms with Crippen LogP contribution in [0.5, 0.6) is 0 Å². The molecule has 0 spiro atoms. The summed E-state index contributed by atoms with van der Waals surface area (Å²) in [4.78, 5) is 20.4. The van der Waals surface area contributed by atoms with E-state index in [0.717, 1.165) is 38.0 Å². The second-order valence-electron chi connectivity index (χ2n) is 10.5. The van der Waals surface area contributed by atoms with Crippen LogP contribution in [0.3, 0.4) is 0 Å². The van der Waals surface area contributed by atoms with Crippen LogP contribution < -0.4 is 5.32 Å². The molecule has 1 atom stereocenters. The van der Waals surface area contributed by atoms with Gasteiger partial charge in [0.15, 0.2) is 0 Å². The summed E-state index contributed by atoms with van der Waals surface area (Å²) < 4.78 is 12.5. The number of carbonyl (C=O) groups is 1. The Bertz CT molecular complexity index is 1310. The number of aromatic nitrogens is 2. The van der Waals surface area contributed by atoms with Crippen LogP contribution in [0, 0.1) is 5.41 Å². The molecule has 34 heavy (non-hydrogen) atoms. The molecule has 0 radical (unpaired) electrons. The number of carbonyl (C=O) groups excluding carboxylic acids is 1. The molecule has 1 unspecified atom stereocenters. The summed E-state index contributed by atoms with van der Waals surface area (Å²) in [5.41, 5.74) is 2.86. The van der Waals surface area contributed by atoms with Crippen molar-refractivity contribution in [2.75, 3.05) is 0 Å². The van der Waals surface area contributed by atoms with Crippen LogP contribution in [-0.4, -0.2) is 21.7 Å². The van der Waals surface area contributed by atoms with Gasteiger partial charge in [0.05, 0.1) is 17.9 Å². The lowest BCUT2D eigenvalue weighted by Gasteiger charge is -2.31. The zero-order valence-electron chi connectivity index (χ0n) is 20.3. The van der Waals surface area contributed by atoms with Gasteiger partial charge in [-0.2, -0.15) is 0 Å². The van der Waals surface area contributed by atoms with Gasteiger partial charge in [-0.25, -0.2) is 9.78 Å². The summed E-state index contributed by atoms with van der Waals surface area (Å²) in [6.45, 7) is 11.7. The third-order valence-corrected chi connectivity index (χ3v) is 5.85. The fourth-order valence-electron chi connectivity index (χ4n) is 3.71. The SMILES string of the molecule is CC(C)(C)OC(=O)NC(c1ncc(-c2ccc(-c3cc4ccc(Br)cc4o3)cc2)[nH]1)C(C)(C)C. The molecular formula is C27H30BrN3O3. The highest BCUT2D eigenvalue weighted by Crippen LogP contribution is 2.34. The Balaban J connectivity index is 1.55. The minimum Gasteiger partial charge on any atom is -0.456 e. The number of benzene rings is 2. The van der Waals surface area contributed by atoms with E-state index in [1.54, 1.807) is 6.20 Å². The topological polar surface area (TPSA) is 80.2 Å². The van der Waals surface area contributed by atoms with E-state index in [0.29, 0.717) is 5.82 Å². The molecule has 0 aliphatic rings. The minimum absolute atomic E-state index is 0.272.